The van der Waals surface area contributed by atoms with E-state index in [4.69, 9.17) is 5.26 Å². The van der Waals surface area contributed by atoms with Gasteiger partial charge in [0.05, 0.1) is 17.3 Å². The van der Waals surface area contributed by atoms with Crippen LogP contribution in [0.4, 0.5) is 10.5 Å². The number of hydrogen-bond acceptors (Lipinski definition) is 3. The molecule has 1 aliphatic rings. The molecule has 1 aromatic rings. The highest BCUT2D eigenvalue weighted by atomic mass is 16.2. The lowest BCUT2D eigenvalue weighted by atomic mass is 9.88. The Kier molecular flexibility index (Phi) is 5.17. The number of benzene rings is 1. The Hall–Kier alpha value is -2.61. The monoisotopic (exact) mass is 311 g/mol. The van der Waals surface area contributed by atoms with Crippen LogP contribution in [0.3, 0.4) is 0 Å². The minimum Gasteiger partial charge on any atom is -0.323 e. The number of amides is 3. The van der Waals surface area contributed by atoms with E-state index in [2.05, 4.69) is 5.32 Å². The Morgan fingerprint density at radius 2 is 1.96 bits per heavy atom. The highest BCUT2D eigenvalue weighted by Gasteiger charge is 2.50. The molecule has 1 aliphatic heterocycles. The molecule has 1 unspecified atom stereocenters. The number of rotatable bonds is 6. The number of carbonyl (C=O) groups is 2. The third kappa shape index (κ3) is 3.26. The molecule has 1 saturated heterocycles. The molecule has 1 aromatic carbocycles. The van der Waals surface area contributed by atoms with Crippen molar-refractivity contribution in [3.8, 4) is 6.07 Å². The third-order valence-corrected chi connectivity index (χ3v) is 4.07. The summed E-state index contributed by atoms with van der Waals surface area (Å²) >= 11 is 0. The molecule has 3 amide bonds. The van der Waals surface area contributed by atoms with Gasteiger partial charge in [0.2, 0.25) is 0 Å². The molecule has 1 N–H and O–H groups in total. The number of nitrogens with zero attached hydrogens (tertiary/aromatic N) is 2. The molecule has 0 aliphatic carbocycles. The van der Waals surface area contributed by atoms with E-state index in [0.717, 1.165) is 12.8 Å². The van der Waals surface area contributed by atoms with Crippen molar-refractivity contribution in [3.05, 3.63) is 42.0 Å². The minimum absolute atomic E-state index is 0.210. The van der Waals surface area contributed by atoms with E-state index in [1.165, 1.54) is 4.90 Å². The van der Waals surface area contributed by atoms with Crippen molar-refractivity contribution in [2.45, 2.75) is 45.1 Å². The van der Waals surface area contributed by atoms with Crippen LogP contribution in [0.5, 0.6) is 0 Å². The molecule has 1 heterocycles. The lowest BCUT2D eigenvalue weighted by Crippen LogP contribution is -2.46. The summed E-state index contributed by atoms with van der Waals surface area (Å²) in [6.07, 6.45) is 6.69. The van der Waals surface area contributed by atoms with E-state index in [1.807, 2.05) is 32.1 Å². The molecule has 5 nitrogen and oxygen atoms in total. The van der Waals surface area contributed by atoms with Crippen LogP contribution in [0.15, 0.2) is 36.4 Å². The Labute approximate surface area is 136 Å². The van der Waals surface area contributed by atoms with Crippen LogP contribution in [0.2, 0.25) is 0 Å². The highest BCUT2D eigenvalue weighted by molar-refractivity contribution is 6.23. The van der Waals surface area contributed by atoms with Crippen LogP contribution in [0.25, 0.3) is 0 Å². The number of nitriles is 1. The second kappa shape index (κ2) is 7.10. The van der Waals surface area contributed by atoms with E-state index in [9.17, 15) is 9.59 Å². The van der Waals surface area contributed by atoms with Gasteiger partial charge in [0.15, 0.2) is 0 Å². The zero-order chi connectivity index (χ0) is 16.9. The lowest BCUT2D eigenvalue weighted by Gasteiger charge is -2.25. The van der Waals surface area contributed by atoms with E-state index in [-0.39, 0.29) is 5.91 Å². The number of carbonyl (C=O) groups excluding carboxylic acids is 2. The predicted molar refractivity (Wildman–Crippen MR) is 88.9 cm³/mol. The van der Waals surface area contributed by atoms with E-state index >= 15 is 0 Å². The van der Waals surface area contributed by atoms with Gasteiger partial charge >= 0.3 is 6.03 Å². The number of allylic oxidation sites excluding steroid dienone is 2. The van der Waals surface area contributed by atoms with Gasteiger partial charge in [-0.25, -0.2) is 9.69 Å². The number of hydrogen-bond donors (Lipinski definition) is 1. The van der Waals surface area contributed by atoms with Gasteiger partial charge in [0.1, 0.15) is 5.54 Å². The minimum atomic E-state index is -0.834. The number of anilines is 1. The fourth-order valence-electron chi connectivity index (χ4n) is 2.93. The summed E-state index contributed by atoms with van der Waals surface area (Å²) in [7, 11) is 0. The van der Waals surface area contributed by atoms with Gasteiger partial charge < -0.3 is 5.32 Å². The van der Waals surface area contributed by atoms with Crippen LogP contribution < -0.4 is 10.2 Å². The van der Waals surface area contributed by atoms with Crippen LogP contribution in [0.1, 0.15) is 45.1 Å². The Balaban J connectivity index is 2.30. The smallest absolute Gasteiger partial charge is 0.323 e. The standard InChI is InChI=1S/C18H21N3O2/c1-3-5-6-12-18(11-4-2)16(22)21(17(23)20-18)15-9-7-14(13-19)8-10-15/h3,5,7-10H,4,6,11-12H2,1-2H3,(H,20,23)/b5-3-. The zero-order valence-corrected chi connectivity index (χ0v) is 13.5. The molecule has 120 valence electrons. The third-order valence-electron chi connectivity index (χ3n) is 4.07. The largest absolute Gasteiger partial charge is 0.329 e. The average Bonchev–Trinajstić information content (AvgIpc) is 2.79. The first-order chi connectivity index (χ1) is 11.1. The summed E-state index contributed by atoms with van der Waals surface area (Å²) in [6, 6.07) is 8.10. The van der Waals surface area contributed by atoms with Crippen LogP contribution in [0, 0.1) is 11.3 Å². The van der Waals surface area contributed by atoms with Crippen LogP contribution >= 0.6 is 0 Å². The predicted octanol–water partition coefficient (Wildman–Crippen LogP) is 3.51. The van der Waals surface area contributed by atoms with Gasteiger partial charge in [-0.3, -0.25) is 4.79 Å². The van der Waals surface area contributed by atoms with Gasteiger partial charge in [-0.1, -0.05) is 25.5 Å². The summed E-state index contributed by atoms with van der Waals surface area (Å²) in [4.78, 5) is 26.5. The molecule has 23 heavy (non-hydrogen) atoms. The first-order valence-corrected chi connectivity index (χ1v) is 7.86. The maximum absolute atomic E-state index is 12.9. The van der Waals surface area contributed by atoms with Crippen molar-refractivity contribution in [2.24, 2.45) is 0 Å². The Bertz CT molecular complexity index is 658. The quantitative estimate of drug-likeness (QED) is 0.645. The first kappa shape index (κ1) is 16.8. The molecular formula is C18H21N3O2. The number of nitrogens with one attached hydrogen (secondary N) is 1. The summed E-state index contributed by atoms with van der Waals surface area (Å²) in [5.41, 5.74) is 0.156. The van der Waals surface area contributed by atoms with Crippen molar-refractivity contribution in [1.29, 1.82) is 5.26 Å². The molecule has 2 rings (SSSR count). The molecule has 0 aromatic heterocycles. The Morgan fingerprint density at radius 3 is 2.52 bits per heavy atom. The van der Waals surface area contributed by atoms with Gasteiger partial charge in [-0.05, 0) is 50.5 Å². The first-order valence-electron chi connectivity index (χ1n) is 7.86. The van der Waals surface area contributed by atoms with Gasteiger partial charge in [0.25, 0.3) is 5.91 Å². The van der Waals surface area contributed by atoms with Crippen molar-refractivity contribution in [2.75, 3.05) is 4.90 Å². The Morgan fingerprint density at radius 1 is 1.26 bits per heavy atom. The van der Waals surface area contributed by atoms with Gasteiger partial charge in [-0.2, -0.15) is 5.26 Å². The topological polar surface area (TPSA) is 73.2 Å². The van der Waals surface area contributed by atoms with Crippen molar-refractivity contribution >= 4 is 17.6 Å². The normalized spacial score (nSPS) is 20.8. The van der Waals surface area contributed by atoms with Crippen molar-refractivity contribution in [1.82, 2.24) is 5.32 Å². The lowest BCUT2D eigenvalue weighted by molar-refractivity contribution is -0.122. The number of urea groups is 1. The molecule has 0 radical (unpaired) electrons. The molecule has 0 saturated carbocycles. The fraction of sp³-hybridized carbons (Fsp3) is 0.389. The van der Waals surface area contributed by atoms with Crippen LogP contribution in [-0.2, 0) is 4.79 Å². The SMILES string of the molecule is C/C=C\CCC1(CCC)NC(=O)N(c2ccc(C#N)cc2)C1=O. The molecule has 5 heteroatoms. The summed E-state index contributed by atoms with van der Waals surface area (Å²) in [5.74, 6) is -0.210. The molecule has 1 atom stereocenters. The van der Waals surface area contributed by atoms with E-state index in [1.54, 1.807) is 24.3 Å². The number of imide groups is 1. The molecule has 0 spiro atoms. The average molecular weight is 311 g/mol. The molecule has 0 bridgehead atoms. The fourth-order valence-corrected chi connectivity index (χ4v) is 2.93. The second-order valence-corrected chi connectivity index (χ2v) is 5.67. The second-order valence-electron chi connectivity index (χ2n) is 5.67. The summed E-state index contributed by atoms with van der Waals surface area (Å²) < 4.78 is 0. The van der Waals surface area contributed by atoms with Crippen molar-refractivity contribution in [3.63, 3.8) is 0 Å². The van der Waals surface area contributed by atoms with E-state index in [0.29, 0.717) is 24.1 Å². The molecule has 1 fully saturated rings. The maximum atomic E-state index is 12.9. The maximum Gasteiger partial charge on any atom is 0.329 e. The van der Waals surface area contributed by atoms with Gasteiger partial charge in [-0.15, -0.1) is 0 Å². The van der Waals surface area contributed by atoms with Gasteiger partial charge in [0, 0.05) is 0 Å². The van der Waals surface area contributed by atoms with Crippen LogP contribution in [-0.4, -0.2) is 17.5 Å². The highest BCUT2D eigenvalue weighted by Crippen LogP contribution is 2.31. The summed E-state index contributed by atoms with van der Waals surface area (Å²) in [5, 5.41) is 11.7. The summed E-state index contributed by atoms with van der Waals surface area (Å²) in [6.45, 7) is 3.94. The zero-order valence-electron chi connectivity index (χ0n) is 13.5. The van der Waals surface area contributed by atoms with E-state index < -0.39 is 11.6 Å². The molecular weight excluding hydrogens is 290 g/mol. The van der Waals surface area contributed by atoms with Crippen molar-refractivity contribution < 1.29 is 9.59 Å².